The Morgan fingerprint density at radius 2 is 2.19 bits per heavy atom. The smallest absolute Gasteiger partial charge is 0.122 e. The molecule has 0 saturated carbocycles. The molecule has 2 nitrogen and oxygen atoms in total. The first-order valence-electron chi connectivity index (χ1n) is 5.85. The van der Waals surface area contributed by atoms with Crippen LogP contribution in [0.2, 0.25) is 0 Å². The number of rotatable bonds is 4. The van der Waals surface area contributed by atoms with Crippen molar-refractivity contribution < 1.29 is 9.13 Å². The van der Waals surface area contributed by atoms with Gasteiger partial charge in [0.15, 0.2) is 0 Å². The van der Waals surface area contributed by atoms with Crippen LogP contribution in [-0.4, -0.2) is 26.4 Å². The molecule has 1 heterocycles. The molecule has 2 rings (SSSR count). The summed E-state index contributed by atoms with van der Waals surface area (Å²) in [6.07, 6.45) is 0. The molecule has 2 atom stereocenters. The van der Waals surface area contributed by atoms with Crippen molar-refractivity contribution in [2.75, 3.05) is 26.4 Å². The molecule has 0 aliphatic carbocycles. The lowest BCUT2D eigenvalue weighted by Gasteiger charge is -2.19. The highest BCUT2D eigenvalue weighted by Gasteiger charge is 2.30. The monoisotopic (exact) mass is 223 g/mol. The lowest BCUT2D eigenvalue weighted by Crippen LogP contribution is -2.13. The molecule has 0 amide bonds. The van der Waals surface area contributed by atoms with E-state index in [4.69, 9.17) is 4.74 Å². The lowest BCUT2D eigenvalue weighted by molar-refractivity contribution is 0.321. The number of hydrogen-bond donors (Lipinski definition) is 1. The fourth-order valence-corrected chi connectivity index (χ4v) is 2.33. The summed E-state index contributed by atoms with van der Waals surface area (Å²) in [6, 6.07) is 7.96. The van der Waals surface area contributed by atoms with Crippen molar-refractivity contribution in [2.45, 2.75) is 12.8 Å². The SMILES string of the molecule is CCOc1ccccc1[C@H]1CNC[C@H]1CF. The number of nitrogens with one attached hydrogen (secondary N) is 1. The van der Waals surface area contributed by atoms with Gasteiger partial charge in [0, 0.05) is 24.9 Å². The Morgan fingerprint density at radius 1 is 1.38 bits per heavy atom. The molecule has 1 fully saturated rings. The third kappa shape index (κ3) is 2.19. The maximum Gasteiger partial charge on any atom is 0.122 e. The molecule has 0 radical (unpaired) electrons. The molecule has 1 saturated heterocycles. The molecule has 0 bridgehead atoms. The van der Waals surface area contributed by atoms with Gasteiger partial charge in [-0.2, -0.15) is 0 Å². The standard InChI is InChI=1S/C13H18FNO/c1-2-16-13-6-4-3-5-11(13)12-9-15-8-10(12)7-14/h3-6,10,12,15H,2,7-9H2,1H3/t10-,12+/m1/s1. The number of benzene rings is 1. The summed E-state index contributed by atoms with van der Waals surface area (Å²) in [7, 11) is 0. The van der Waals surface area contributed by atoms with Crippen LogP contribution in [-0.2, 0) is 0 Å². The minimum Gasteiger partial charge on any atom is -0.494 e. The molecule has 0 aromatic heterocycles. The first-order chi connectivity index (χ1) is 7.86. The van der Waals surface area contributed by atoms with Crippen molar-refractivity contribution >= 4 is 0 Å². The van der Waals surface area contributed by atoms with E-state index in [9.17, 15) is 4.39 Å². The van der Waals surface area contributed by atoms with Gasteiger partial charge in [0.25, 0.3) is 0 Å². The van der Waals surface area contributed by atoms with Crippen molar-refractivity contribution in [2.24, 2.45) is 5.92 Å². The molecule has 1 aliphatic rings. The molecule has 0 unspecified atom stereocenters. The summed E-state index contributed by atoms with van der Waals surface area (Å²) in [4.78, 5) is 0. The zero-order valence-corrected chi connectivity index (χ0v) is 9.58. The number of alkyl halides is 1. The van der Waals surface area contributed by atoms with Gasteiger partial charge >= 0.3 is 0 Å². The van der Waals surface area contributed by atoms with Crippen molar-refractivity contribution in [1.29, 1.82) is 0 Å². The molecule has 1 N–H and O–H groups in total. The number of ether oxygens (including phenoxy) is 1. The minimum absolute atomic E-state index is 0.0848. The number of halogens is 1. The van der Waals surface area contributed by atoms with E-state index in [0.717, 1.165) is 24.4 Å². The summed E-state index contributed by atoms with van der Waals surface area (Å²) in [5.74, 6) is 1.23. The van der Waals surface area contributed by atoms with Crippen molar-refractivity contribution in [3.63, 3.8) is 0 Å². The van der Waals surface area contributed by atoms with E-state index in [1.165, 1.54) is 0 Å². The maximum absolute atomic E-state index is 12.9. The lowest BCUT2D eigenvalue weighted by atomic mass is 9.89. The molecule has 16 heavy (non-hydrogen) atoms. The van der Waals surface area contributed by atoms with Gasteiger partial charge in [-0.3, -0.25) is 4.39 Å². The van der Waals surface area contributed by atoms with Crippen LogP contribution >= 0.6 is 0 Å². The van der Waals surface area contributed by atoms with Gasteiger partial charge in [-0.25, -0.2) is 0 Å². The fraction of sp³-hybridized carbons (Fsp3) is 0.538. The molecule has 1 aliphatic heterocycles. The average Bonchev–Trinajstić information content (AvgIpc) is 2.78. The van der Waals surface area contributed by atoms with Crippen LogP contribution in [0.4, 0.5) is 4.39 Å². The Bertz CT molecular complexity index is 342. The Morgan fingerprint density at radius 3 is 2.94 bits per heavy atom. The first-order valence-corrected chi connectivity index (χ1v) is 5.85. The average molecular weight is 223 g/mol. The van der Waals surface area contributed by atoms with Gasteiger partial charge in [0.1, 0.15) is 5.75 Å². The molecule has 0 spiro atoms. The summed E-state index contributed by atoms with van der Waals surface area (Å²) in [6.45, 7) is 3.96. The summed E-state index contributed by atoms with van der Waals surface area (Å²) >= 11 is 0. The Kier molecular flexibility index (Phi) is 3.78. The molecule has 88 valence electrons. The predicted molar refractivity (Wildman–Crippen MR) is 62.7 cm³/mol. The predicted octanol–water partition coefficient (Wildman–Crippen LogP) is 2.36. The van der Waals surface area contributed by atoms with Crippen LogP contribution in [0.1, 0.15) is 18.4 Å². The second-order valence-corrected chi connectivity index (χ2v) is 4.15. The molecule has 3 heteroatoms. The van der Waals surface area contributed by atoms with Gasteiger partial charge in [0.05, 0.1) is 13.3 Å². The maximum atomic E-state index is 12.9. The largest absolute Gasteiger partial charge is 0.494 e. The zero-order valence-electron chi connectivity index (χ0n) is 9.58. The van der Waals surface area contributed by atoms with E-state index in [2.05, 4.69) is 5.32 Å². The van der Waals surface area contributed by atoms with E-state index in [1.54, 1.807) is 0 Å². The fourth-order valence-electron chi connectivity index (χ4n) is 2.33. The molecule has 1 aromatic rings. The normalized spacial score (nSPS) is 24.6. The number of hydrogen-bond acceptors (Lipinski definition) is 2. The van der Waals surface area contributed by atoms with E-state index in [0.29, 0.717) is 6.61 Å². The summed E-state index contributed by atoms with van der Waals surface area (Å²) < 4.78 is 18.5. The van der Waals surface area contributed by atoms with Crippen LogP contribution < -0.4 is 10.1 Å². The molecular formula is C13H18FNO. The highest BCUT2D eigenvalue weighted by molar-refractivity contribution is 5.37. The van der Waals surface area contributed by atoms with Crippen LogP contribution in [0.15, 0.2) is 24.3 Å². The summed E-state index contributed by atoms with van der Waals surface area (Å²) in [5, 5.41) is 3.25. The van der Waals surface area contributed by atoms with Gasteiger partial charge in [-0.05, 0) is 18.6 Å². The van der Waals surface area contributed by atoms with Gasteiger partial charge < -0.3 is 10.1 Å². The Balaban J connectivity index is 2.24. The second-order valence-electron chi connectivity index (χ2n) is 4.15. The van der Waals surface area contributed by atoms with Crippen LogP contribution in [0.5, 0.6) is 5.75 Å². The zero-order chi connectivity index (χ0) is 11.4. The van der Waals surface area contributed by atoms with E-state index >= 15 is 0 Å². The quantitative estimate of drug-likeness (QED) is 0.846. The molecular weight excluding hydrogens is 205 g/mol. The van der Waals surface area contributed by atoms with E-state index < -0.39 is 0 Å². The van der Waals surface area contributed by atoms with Crippen molar-refractivity contribution in [1.82, 2.24) is 5.32 Å². The highest BCUT2D eigenvalue weighted by atomic mass is 19.1. The topological polar surface area (TPSA) is 21.3 Å². The second kappa shape index (κ2) is 5.30. The van der Waals surface area contributed by atoms with E-state index in [-0.39, 0.29) is 18.5 Å². The highest BCUT2D eigenvalue weighted by Crippen LogP contribution is 2.34. The van der Waals surface area contributed by atoms with Crippen LogP contribution in [0.3, 0.4) is 0 Å². The van der Waals surface area contributed by atoms with Crippen molar-refractivity contribution in [3.8, 4) is 5.75 Å². The molecule has 1 aromatic carbocycles. The Labute approximate surface area is 95.8 Å². The van der Waals surface area contributed by atoms with Gasteiger partial charge in [-0.15, -0.1) is 0 Å². The number of para-hydroxylation sites is 1. The third-order valence-corrected chi connectivity index (χ3v) is 3.16. The van der Waals surface area contributed by atoms with Crippen molar-refractivity contribution in [3.05, 3.63) is 29.8 Å². The van der Waals surface area contributed by atoms with E-state index in [1.807, 2.05) is 31.2 Å². The third-order valence-electron chi connectivity index (χ3n) is 3.16. The Hall–Kier alpha value is -1.09. The van der Waals surface area contributed by atoms with Crippen LogP contribution in [0, 0.1) is 5.92 Å². The summed E-state index contributed by atoms with van der Waals surface area (Å²) in [5.41, 5.74) is 1.14. The van der Waals surface area contributed by atoms with Crippen LogP contribution in [0.25, 0.3) is 0 Å². The van der Waals surface area contributed by atoms with Gasteiger partial charge in [0.2, 0.25) is 0 Å². The first kappa shape index (κ1) is 11.4. The minimum atomic E-state index is -0.266. The van der Waals surface area contributed by atoms with Gasteiger partial charge in [-0.1, -0.05) is 18.2 Å².